The van der Waals surface area contributed by atoms with Gasteiger partial charge in [0.1, 0.15) is 0 Å². The Morgan fingerprint density at radius 3 is 2.72 bits per heavy atom. The normalized spacial score (nSPS) is 14.4. The van der Waals surface area contributed by atoms with Crippen LogP contribution in [0.15, 0.2) is 45.7 Å². The SMILES string of the molecule is O=C(c1ccoc1Br)N1CCc2ccccc2C1. The van der Waals surface area contributed by atoms with E-state index in [-0.39, 0.29) is 5.91 Å². The van der Waals surface area contributed by atoms with Crippen LogP contribution in [0, 0.1) is 0 Å². The molecule has 2 heterocycles. The van der Waals surface area contributed by atoms with Crippen LogP contribution in [0.3, 0.4) is 0 Å². The molecule has 0 saturated heterocycles. The number of rotatable bonds is 1. The molecule has 18 heavy (non-hydrogen) atoms. The first-order chi connectivity index (χ1) is 8.75. The zero-order valence-corrected chi connectivity index (χ0v) is 11.3. The number of halogens is 1. The first-order valence-corrected chi connectivity index (χ1v) is 6.64. The highest BCUT2D eigenvalue weighted by molar-refractivity contribution is 9.10. The molecule has 0 fully saturated rings. The van der Waals surface area contributed by atoms with E-state index >= 15 is 0 Å². The fourth-order valence-electron chi connectivity index (χ4n) is 2.29. The topological polar surface area (TPSA) is 33.5 Å². The Balaban J connectivity index is 1.84. The zero-order chi connectivity index (χ0) is 12.5. The number of fused-ring (bicyclic) bond motifs is 1. The second-order valence-electron chi connectivity index (χ2n) is 4.35. The lowest BCUT2D eigenvalue weighted by Gasteiger charge is -2.28. The predicted octanol–water partition coefficient (Wildman–Crippen LogP) is 3.24. The minimum absolute atomic E-state index is 0.0186. The van der Waals surface area contributed by atoms with E-state index in [2.05, 4.69) is 28.1 Å². The van der Waals surface area contributed by atoms with Crippen molar-refractivity contribution in [1.82, 2.24) is 4.90 Å². The average molecular weight is 306 g/mol. The number of nitrogens with zero attached hydrogens (tertiary/aromatic N) is 1. The Labute approximate surface area is 114 Å². The van der Waals surface area contributed by atoms with Gasteiger partial charge < -0.3 is 9.32 Å². The molecule has 0 unspecified atom stereocenters. The second kappa shape index (κ2) is 4.61. The van der Waals surface area contributed by atoms with Crippen LogP contribution in [0.1, 0.15) is 21.5 Å². The van der Waals surface area contributed by atoms with E-state index in [1.807, 2.05) is 17.0 Å². The maximum atomic E-state index is 12.3. The van der Waals surface area contributed by atoms with Crippen LogP contribution >= 0.6 is 15.9 Å². The second-order valence-corrected chi connectivity index (χ2v) is 5.07. The third kappa shape index (κ3) is 1.97. The monoisotopic (exact) mass is 305 g/mol. The molecule has 1 amide bonds. The summed E-state index contributed by atoms with van der Waals surface area (Å²) in [5.74, 6) is 0.0186. The summed E-state index contributed by atoms with van der Waals surface area (Å²) in [4.78, 5) is 14.2. The maximum absolute atomic E-state index is 12.3. The number of amides is 1. The number of carbonyl (C=O) groups excluding carboxylic acids is 1. The van der Waals surface area contributed by atoms with Crippen molar-refractivity contribution in [3.05, 3.63) is 58.0 Å². The fraction of sp³-hybridized carbons (Fsp3) is 0.214. The van der Waals surface area contributed by atoms with Crippen LogP contribution in [0.25, 0.3) is 0 Å². The van der Waals surface area contributed by atoms with Crippen LogP contribution in [0.2, 0.25) is 0 Å². The summed E-state index contributed by atoms with van der Waals surface area (Å²) >= 11 is 3.25. The molecule has 0 saturated carbocycles. The fourth-order valence-corrected chi connectivity index (χ4v) is 2.70. The molecular formula is C14H12BrNO2. The molecule has 0 N–H and O–H groups in total. The average Bonchev–Trinajstić information content (AvgIpc) is 2.83. The number of benzene rings is 1. The van der Waals surface area contributed by atoms with Gasteiger partial charge >= 0.3 is 0 Å². The van der Waals surface area contributed by atoms with Gasteiger partial charge in [0.05, 0.1) is 11.8 Å². The van der Waals surface area contributed by atoms with Crippen molar-refractivity contribution in [3.63, 3.8) is 0 Å². The van der Waals surface area contributed by atoms with Crippen LogP contribution in [0.4, 0.5) is 0 Å². The minimum Gasteiger partial charge on any atom is -0.457 e. The van der Waals surface area contributed by atoms with Gasteiger partial charge in [-0.15, -0.1) is 0 Å². The third-order valence-corrected chi connectivity index (χ3v) is 3.88. The van der Waals surface area contributed by atoms with Gasteiger partial charge in [0.25, 0.3) is 5.91 Å². The Hall–Kier alpha value is -1.55. The van der Waals surface area contributed by atoms with E-state index in [0.717, 1.165) is 13.0 Å². The molecule has 2 aromatic rings. The lowest BCUT2D eigenvalue weighted by molar-refractivity contribution is 0.0732. The molecule has 1 aliphatic heterocycles. The van der Waals surface area contributed by atoms with E-state index in [4.69, 9.17) is 4.42 Å². The summed E-state index contributed by atoms with van der Waals surface area (Å²) in [6.45, 7) is 1.43. The van der Waals surface area contributed by atoms with Crippen molar-refractivity contribution in [3.8, 4) is 0 Å². The molecule has 0 aliphatic carbocycles. The summed E-state index contributed by atoms with van der Waals surface area (Å²) in [5.41, 5.74) is 3.17. The van der Waals surface area contributed by atoms with Gasteiger partial charge in [-0.1, -0.05) is 24.3 Å². The first kappa shape index (κ1) is 11.5. The lowest BCUT2D eigenvalue weighted by Crippen LogP contribution is -2.35. The molecule has 1 aliphatic rings. The van der Waals surface area contributed by atoms with Crippen LogP contribution in [-0.2, 0) is 13.0 Å². The minimum atomic E-state index is 0.0186. The van der Waals surface area contributed by atoms with Crippen molar-refractivity contribution in [2.75, 3.05) is 6.54 Å². The molecule has 3 rings (SSSR count). The molecule has 3 nitrogen and oxygen atoms in total. The van der Waals surface area contributed by atoms with E-state index in [0.29, 0.717) is 16.8 Å². The Morgan fingerprint density at radius 1 is 1.22 bits per heavy atom. The Morgan fingerprint density at radius 2 is 2.00 bits per heavy atom. The van der Waals surface area contributed by atoms with Crippen molar-refractivity contribution in [1.29, 1.82) is 0 Å². The van der Waals surface area contributed by atoms with Crippen molar-refractivity contribution in [2.45, 2.75) is 13.0 Å². The van der Waals surface area contributed by atoms with E-state index < -0.39 is 0 Å². The molecule has 1 aromatic carbocycles. The van der Waals surface area contributed by atoms with Gasteiger partial charge in [-0.25, -0.2) is 0 Å². The van der Waals surface area contributed by atoms with Crippen LogP contribution in [0.5, 0.6) is 0 Å². The number of hydrogen-bond acceptors (Lipinski definition) is 2. The van der Waals surface area contributed by atoms with Gasteiger partial charge in [0.15, 0.2) is 4.67 Å². The molecule has 0 radical (unpaired) electrons. The molecule has 1 aromatic heterocycles. The Kier molecular flexibility index (Phi) is 2.96. The molecular weight excluding hydrogens is 294 g/mol. The van der Waals surface area contributed by atoms with E-state index in [1.54, 1.807) is 6.07 Å². The maximum Gasteiger partial charge on any atom is 0.258 e. The van der Waals surface area contributed by atoms with Gasteiger partial charge in [-0.05, 0) is 39.5 Å². The highest BCUT2D eigenvalue weighted by Gasteiger charge is 2.23. The number of carbonyl (C=O) groups is 1. The van der Waals surface area contributed by atoms with Gasteiger partial charge in [0.2, 0.25) is 0 Å². The number of hydrogen-bond donors (Lipinski definition) is 0. The van der Waals surface area contributed by atoms with Gasteiger partial charge in [-0.3, -0.25) is 4.79 Å². The van der Waals surface area contributed by atoms with E-state index in [1.165, 1.54) is 17.4 Å². The predicted molar refractivity (Wildman–Crippen MR) is 71.3 cm³/mol. The van der Waals surface area contributed by atoms with Gasteiger partial charge in [-0.2, -0.15) is 0 Å². The lowest BCUT2D eigenvalue weighted by atomic mass is 9.99. The third-order valence-electron chi connectivity index (χ3n) is 3.27. The zero-order valence-electron chi connectivity index (χ0n) is 9.73. The Bertz CT molecular complexity index is 591. The van der Waals surface area contributed by atoms with Gasteiger partial charge in [0, 0.05) is 13.1 Å². The van der Waals surface area contributed by atoms with Crippen molar-refractivity contribution < 1.29 is 9.21 Å². The summed E-state index contributed by atoms with van der Waals surface area (Å²) in [5, 5.41) is 0. The van der Waals surface area contributed by atoms with Crippen LogP contribution < -0.4 is 0 Å². The summed E-state index contributed by atoms with van der Waals surface area (Å²) < 4.78 is 5.62. The highest BCUT2D eigenvalue weighted by atomic mass is 79.9. The molecule has 0 bridgehead atoms. The standard InChI is InChI=1S/C14H12BrNO2/c15-13-12(6-8-18-13)14(17)16-7-5-10-3-1-2-4-11(10)9-16/h1-4,6,8H,5,7,9H2. The van der Waals surface area contributed by atoms with E-state index in [9.17, 15) is 4.79 Å². The quantitative estimate of drug-likeness (QED) is 0.810. The molecule has 0 spiro atoms. The molecule has 0 atom stereocenters. The largest absolute Gasteiger partial charge is 0.457 e. The summed E-state index contributed by atoms with van der Waals surface area (Å²) in [6, 6.07) is 9.97. The number of furan rings is 1. The smallest absolute Gasteiger partial charge is 0.258 e. The molecule has 92 valence electrons. The van der Waals surface area contributed by atoms with Crippen LogP contribution in [-0.4, -0.2) is 17.4 Å². The molecule has 4 heteroatoms. The van der Waals surface area contributed by atoms with Crippen molar-refractivity contribution >= 4 is 21.8 Å². The highest BCUT2D eigenvalue weighted by Crippen LogP contribution is 2.24. The van der Waals surface area contributed by atoms with Crippen molar-refractivity contribution in [2.24, 2.45) is 0 Å². The summed E-state index contributed by atoms with van der Waals surface area (Å²) in [7, 11) is 0. The summed E-state index contributed by atoms with van der Waals surface area (Å²) in [6.07, 6.45) is 2.44. The first-order valence-electron chi connectivity index (χ1n) is 5.85.